The number of nitrogens with two attached hydrogens (primary N) is 1. The Balaban J connectivity index is 1.54. The molecule has 1 aliphatic heterocycles. The van der Waals surface area contributed by atoms with Gasteiger partial charge in [0.05, 0.1) is 0 Å². The number of aryl methyl sites for hydroxylation is 1. The number of rotatable bonds is 5. The van der Waals surface area contributed by atoms with Gasteiger partial charge in [-0.15, -0.1) is 11.3 Å². The number of primary amides is 1. The summed E-state index contributed by atoms with van der Waals surface area (Å²) in [6.45, 7) is 3.17. The van der Waals surface area contributed by atoms with E-state index in [-0.39, 0.29) is 17.7 Å². The van der Waals surface area contributed by atoms with Gasteiger partial charge in [-0.2, -0.15) is 0 Å². The molecule has 0 spiro atoms. The molecule has 0 atom stereocenters. The molecule has 0 radical (unpaired) electrons. The van der Waals surface area contributed by atoms with Crippen LogP contribution in [0.2, 0.25) is 0 Å². The van der Waals surface area contributed by atoms with Gasteiger partial charge in [0.15, 0.2) is 0 Å². The molecule has 1 aromatic heterocycles. The van der Waals surface area contributed by atoms with E-state index in [2.05, 4.69) is 4.98 Å². The smallest absolute Gasteiger partial charge is 0.253 e. The number of aromatic nitrogens is 1. The molecule has 0 bridgehead atoms. The molecule has 2 amide bonds. The molecule has 5 nitrogen and oxygen atoms in total. The van der Waals surface area contributed by atoms with Crippen LogP contribution >= 0.6 is 23.1 Å². The Morgan fingerprint density at radius 1 is 1.28 bits per heavy atom. The van der Waals surface area contributed by atoms with Crippen LogP contribution < -0.4 is 5.73 Å². The van der Waals surface area contributed by atoms with Gasteiger partial charge >= 0.3 is 0 Å². The van der Waals surface area contributed by atoms with Crippen LogP contribution in [0.4, 0.5) is 0 Å². The molecule has 25 heavy (non-hydrogen) atoms. The molecule has 1 aromatic carbocycles. The number of hydrogen-bond donors (Lipinski definition) is 1. The van der Waals surface area contributed by atoms with Crippen molar-refractivity contribution in [2.75, 3.05) is 13.1 Å². The molecular weight excluding hydrogens is 354 g/mol. The van der Waals surface area contributed by atoms with Crippen LogP contribution in [0.5, 0.6) is 0 Å². The standard InChI is InChI=1S/C18H21N3O2S2/c1-12-10-24-18(20-12)25-11-13-2-4-15(5-3-13)17(23)21-8-6-14(7-9-21)16(19)22/h2-5,10,14H,6-9,11H2,1H3,(H2,19,22). The lowest BCUT2D eigenvalue weighted by atomic mass is 9.96. The van der Waals surface area contributed by atoms with E-state index in [1.165, 1.54) is 5.56 Å². The third-order valence-electron chi connectivity index (χ3n) is 4.35. The van der Waals surface area contributed by atoms with Crippen molar-refractivity contribution in [2.45, 2.75) is 29.9 Å². The van der Waals surface area contributed by atoms with Gasteiger partial charge in [-0.3, -0.25) is 9.59 Å². The number of carbonyl (C=O) groups excluding carboxylic acids is 2. The molecule has 7 heteroatoms. The van der Waals surface area contributed by atoms with Crippen molar-refractivity contribution in [2.24, 2.45) is 11.7 Å². The Kier molecular flexibility index (Phi) is 5.75. The fourth-order valence-electron chi connectivity index (χ4n) is 2.84. The average molecular weight is 376 g/mol. The fourth-order valence-corrected chi connectivity index (χ4v) is 4.64. The van der Waals surface area contributed by atoms with E-state index >= 15 is 0 Å². The number of amides is 2. The molecular formula is C18H21N3O2S2. The Bertz CT molecular complexity index is 750. The highest BCUT2D eigenvalue weighted by atomic mass is 32.2. The Morgan fingerprint density at radius 3 is 2.52 bits per heavy atom. The van der Waals surface area contributed by atoms with E-state index in [0.717, 1.165) is 15.8 Å². The molecule has 2 aromatic rings. The molecule has 1 aliphatic rings. The molecule has 132 valence electrons. The molecule has 0 aliphatic carbocycles. The molecule has 2 heterocycles. The van der Waals surface area contributed by atoms with Crippen LogP contribution in [0.15, 0.2) is 34.0 Å². The first-order valence-electron chi connectivity index (χ1n) is 8.25. The molecule has 1 saturated heterocycles. The molecule has 0 saturated carbocycles. The Morgan fingerprint density at radius 2 is 1.96 bits per heavy atom. The quantitative estimate of drug-likeness (QED) is 0.815. The van der Waals surface area contributed by atoms with E-state index < -0.39 is 0 Å². The van der Waals surface area contributed by atoms with Gasteiger partial charge in [-0.05, 0) is 37.5 Å². The van der Waals surface area contributed by atoms with Crippen molar-refractivity contribution in [3.63, 3.8) is 0 Å². The molecule has 3 rings (SSSR count). The van der Waals surface area contributed by atoms with E-state index in [0.29, 0.717) is 31.5 Å². The summed E-state index contributed by atoms with van der Waals surface area (Å²) in [5.41, 5.74) is 8.25. The number of likely N-dealkylation sites (tertiary alicyclic amines) is 1. The van der Waals surface area contributed by atoms with Crippen molar-refractivity contribution in [1.82, 2.24) is 9.88 Å². The highest BCUT2D eigenvalue weighted by molar-refractivity contribution is 8.00. The first kappa shape index (κ1) is 17.9. The normalized spacial score (nSPS) is 15.3. The summed E-state index contributed by atoms with van der Waals surface area (Å²) >= 11 is 3.36. The summed E-state index contributed by atoms with van der Waals surface area (Å²) < 4.78 is 1.06. The second-order valence-electron chi connectivity index (χ2n) is 6.21. The van der Waals surface area contributed by atoms with E-state index in [9.17, 15) is 9.59 Å². The third-order valence-corrected chi connectivity index (χ3v) is 6.56. The topological polar surface area (TPSA) is 76.3 Å². The van der Waals surface area contributed by atoms with E-state index in [4.69, 9.17) is 5.73 Å². The van der Waals surface area contributed by atoms with Crippen molar-refractivity contribution >= 4 is 34.9 Å². The molecule has 0 unspecified atom stereocenters. The molecule has 2 N–H and O–H groups in total. The van der Waals surface area contributed by atoms with Gasteiger partial charge < -0.3 is 10.6 Å². The van der Waals surface area contributed by atoms with Crippen LogP contribution in [-0.2, 0) is 10.5 Å². The number of carbonyl (C=O) groups is 2. The number of thioether (sulfide) groups is 1. The number of piperidine rings is 1. The lowest BCUT2D eigenvalue weighted by Gasteiger charge is -2.30. The lowest BCUT2D eigenvalue weighted by Crippen LogP contribution is -2.41. The van der Waals surface area contributed by atoms with Gasteiger partial charge in [0.1, 0.15) is 4.34 Å². The number of nitrogens with zero attached hydrogens (tertiary/aromatic N) is 2. The summed E-state index contributed by atoms with van der Waals surface area (Å²) in [5, 5.41) is 2.05. The largest absolute Gasteiger partial charge is 0.369 e. The maximum absolute atomic E-state index is 12.6. The minimum absolute atomic E-state index is 0.0256. The Hall–Kier alpha value is -1.86. The van der Waals surface area contributed by atoms with Crippen LogP contribution in [-0.4, -0.2) is 34.8 Å². The highest BCUT2D eigenvalue weighted by Crippen LogP contribution is 2.26. The summed E-state index contributed by atoms with van der Waals surface area (Å²) in [5.74, 6) is 0.505. The highest BCUT2D eigenvalue weighted by Gasteiger charge is 2.26. The average Bonchev–Trinajstić information content (AvgIpc) is 3.05. The Labute approximate surface area is 155 Å². The van der Waals surface area contributed by atoms with Crippen LogP contribution in [0.3, 0.4) is 0 Å². The van der Waals surface area contributed by atoms with Gasteiger partial charge in [-0.1, -0.05) is 23.9 Å². The lowest BCUT2D eigenvalue weighted by molar-refractivity contribution is -0.123. The minimum atomic E-state index is -0.260. The predicted octanol–water partition coefficient (Wildman–Crippen LogP) is 3.08. The zero-order valence-corrected chi connectivity index (χ0v) is 15.7. The molecule has 1 fully saturated rings. The third kappa shape index (κ3) is 4.61. The van der Waals surface area contributed by atoms with E-state index in [1.54, 1.807) is 23.1 Å². The summed E-state index contributed by atoms with van der Waals surface area (Å²) in [7, 11) is 0. The first-order chi connectivity index (χ1) is 12.0. The number of hydrogen-bond acceptors (Lipinski definition) is 5. The maximum atomic E-state index is 12.6. The van der Waals surface area contributed by atoms with Gasteiger partial charge in [0.2, 0.25) is 5.91 Å². The fraction of sp³-hybridized carbons (Fsp3) is 0.389. The SMILES string of the molecule is Cc1csc(SCc2ccc(C(=O)N3CCC(C(N)=O)CC3)cc2)n1. The zero-order valence-electron chi connectivity index (χ0n) is 14.1. The predicted molar refractivity (Wildman–Crippen MR) is 101 cm³/mol. The summed E-state index contributed by atoms with van der Waals surface area (Å²) in [6.07, 6.45) is 1.31. The van der Waals surface area contributed by atoms with Crippen LogP contribution in [0, 0.1) is 12.8 Å². The van der Waals surface area contributed by atoms with Crippen LogP contribution in [0.25, 0.3) is 0 Å². The van der Waals surface area contributed by atoms with Gasteiger partial charge in [-0.25, -0.2) is 4.98 Å². The summed E-state index contributed by atoms with van der Waals surface area (Å²) in [4.78, 5) is 30.0. The van der Waals surface area contributed by atoms with Crippen molar-refractivity contribution in [3.8, 4) is 0 Å². The monoisotopic (exact) mass is 375 g/mol. The minimum Gasteiger partial charge on any atom is -0.369 e. The van der Waals surface area contributed by atoms with Crippen LogP contribution in [0.1, 0.15) is 34.5 Å². The maximum Gasteiger partial charge on any atom is 0.253 e. The summed E-state index contributed by atoms with van der Waals surface area (Å²) in [6, 6.07) is 7.75. The van der Waals surface area contributed by atoms with E-state index in [1.807, 2.05) is 41.5 Å². The van der Waals surface area contributed by atoms with Gasteiger partial charge in [0, 0.05) is 41.4 Å². The van der Waals surface area contributed by atoms with Crippen molar-refractivity contribution in [1.29, 1.82) is 0 Å². The second kappa shape index (κ2) is 8.01. The number of benzene rings is 1. The zero-order chi connectivity index (χ0) is 17.8. The van der Waals surface area contributed by atoms with Crippen molar-refractivity contribution < 1.29 is 9.59 Å². The first-order valence-corrected chi connectivity index (χ1v) is 10.1. The second-order valence-corrected chi connectivity index (χ2v) is 8.29. The van der Waals surface area contributed by atoms with Gasteiger partial charge in [0.25, 0.3) is 5.91 Å². The number of thiazole rings is 1. The van der Waals surface area contributed by atoms with Crippen molar-refractivity contribution in [3.05, 3.63) is 46.5 Å².